The molecule has 0 fully saturated rings. The number of hydrogen-bond acceptors (Lipinski definition) is 4. The van der Waals surface area contributed by atoms with Gasteiger partial charge in [-0.25, -0.2) is 0 Å². The lowest BCUT2D eigenvalue weighted by atomic mass is 10.2. The van der Waals surface area contributed by atoms with Crippen LogP contribution < -0.4 is 15.0 Å². The van der Waals surface area contributed by atoms with E-state index in [9.17, 15) is 0 Å². The average molecular weight is 257 g/mol. The van der Waals surface area contributed by atoms with Crippen molar-refractivity contribution in [2.45, 2.75) is 13.2 Å². The van der Waals surface area contributed by atoms with Gasteiger partial charge in [-0.1, -0.05) is 36.4 Å². The molecule has 0 radical (unpaired) electrons. The van der Waals surface area contributed by atoms with Crippen LogP contribution in [0.4, 0.5) is 0 Å². The van der Waals surface area contributed by atoms with Gasteiger partial charge in [0.2, 0.25) is 0 Å². The van der Waals surface area contributed by atoms with Crippen LogP contribution in [0.15, 0.2) is 60.7 Å². The molecule has 0 aliphatic rings. The van der Waals surface area contributed by atoms with Crippen LogP contribution in [0.25, 0.3) is 0 Å². The van der Waals surface area contributed by atoms with E-state index >= 15 is 0 Å². The minimum absolute atomic E-state index is 0.488. The highest BCUT2D eigenvalue weighted by atomic mass is 16.7. The van der Waals surface area contributed by atoms with E-state index in [1.165, 1.54) is 0 Å². The van der Waals surface area contributed by atoms with E-state index < -0.39 is 13.5 Å². The van der Waals surface area contributed by atoms with Crippen LogP contribution in [-0.2, 0) is 4.65 Å². The van der Waals surface area contributed by atoms with Crippen LogP contribution in [0, 0.1) is 0 Å². The Morgan fingerprint density at radius 1 is 0.842 bits per heavy atom. The van der Waals surface area contributed by atoms with Gasteiger partial charge in [-0.2, -0.15) is 0 Å². The Bertz CT molecular complexity index is 437. The van der Waals surface area contributed by atoms with Crippen molar-refractivity contribution in [2.75, 3.05) is 0 Å². The maximum atomic E-state index is 5.62. The van der Waals surface area contributed by atoms with E-state index in [0.29, 0.717) is 11.5 Å². The van der Waals surface area contributed by atoms with Crippen LogP contribution >= 0.6 is 0 Å². The molecule has 19 heavy (non-hydrogen) atoms. The number of hydrogen-bond donors (Lipinski definition) is 1. The van der Waals surface area contributed by atoms with Crippen molar-refractivity contribution in [2.24, 2.45) is 5.73 Å². The predicted molar refractivity (Wildman–Crippen MR) is 74.6 cm³/mol. The fraction of sp³-hybridized carbons (Fsp3) is 0.143. The number of benzene rings is 2. The van der Waals surface area contributed by atoms with E-state index in [1.807, 2.05) is 60.7 Å². The number of rotatable bonds is 6. The first kappa shape index (κ1) is 13.5. The quantitative estimate of drug-likeness (QED) is 0.638. The molecule has 0 aliphatic carbocycles. The molecule has 2 rings (SSSR count). The minimum atomic E-state index is -0.884. The summed E-state index contributed by atoms with van der Waals surface area (Å²) in [7, 11) is -0.884. The SMILES string of the molecule is CC(N)OB(Oc1ccccc1)Oc1ccccc1. The van der Waals surface area contributed by atoms with Crippen LogP contribution in [-0.4, -0.2) is 13.5 Å². The lowest BCUT2D eigenvalue weighted by molar-refractivity contribution is 0.146. The van der Waals surface area contributed by atoms with Crippen LogP contribution in [0.3, 0.4) is 0 Å². The van der Waals surface area contributed by atoms with Crippen molar-refractivity contribution >= 4 is 7.32 Å². The molecule has 98 valence electrons. The third kappa shape index (κ3) is 4.65. The van der Waals surface area contributed by atoms with Crippen molar-refractivity contribution in [1.82, 2.24) is 0 Å². The standard InChI is InChI=1S/C14H16BNO3/c1-12(16)17-15(18-13-8-4-2-5-9-13)19-14-10-6-3-7-11-14/h2-12H,16H2,1H3. The van der Waals surface area contributed by atoms with Gasteiger partial charge in [0.15, 0.2) is 0 Å². The molecule has 2 aromatic carbocycles. The summed E-state index contributed by atoms with van der Waals surface area (Å²) in [4.78, 5) is 0. The van der Waals surface area contributed by atoms with E-state index in [1.54, 1.807) is 6.92 Å². The van der Waals surface area contributed by atoms with Gasteiger partial charge in [-0.15, -0.1) is 0 Å². The Hall–Kier alpha value is -1.98. The van der Waals surface area contributed by atoms with Crippen molar-refractivity contribution < 1.29 is 14.0 Å². The number of nitrogens with two attached hydrogens (primary N) is 1. The van der Waals surface area contributed by atoms with Crippen molar-refractivity contribution in [3.63, 3.8) is 0 Å². The second kappa shape index (κ2) is 6.82. The molecule has 2 aromatic rings. The van der Waals surface area contributed by atoms with Gasteiger partial charge >= 0.3 is 7.32 Å². The van der Waals surface area contributed by atoms with Gasteiger partial charge in [-0.3, -0.25) is 0 Å². The fourth-order valence-electron chi connectivity index (χ4n) is 1.48. The Balaban J connectivity index is 2.03. The zero-order chi connectivity index (χ0) is 13.5. The molecule has 0 saturated carbocycles. The third-order valence-electron chi connectivity index (χ3n) is 2.28. The van der Waals surface area contributed by atoms with E-state index in [2.05, 4.69) is 0 Å². The molecule has 1 unspecified atom stereocenters. The van der Waals surface area contributed by atoms with Gasteiger partial charge in [0.1, 0.15) is 11.5 Å². The molecule has 0 aromatic heterocycles. The molecule has 1 atom stereocenters. The van der Waals surface area contributed by atoms with Crippen LogP contribution in [0.5, 0.6) is 11.5 Å². The molecule has 0 amide bonds. The maximum Gasteiger partial charge on any atom is 0.789 e. The van der Waals surface area contributed by atoms with Gasteiger partial charge < -0.3 is 19.7 Å². The third-order valence-corrected chi connectivity index (χ3v) is 2.28. The summed E-state index contributed by atoms with van der Waals surface area (Å²) in [5, 5.41) is 0. The van der Waals surface area contributed by atoms with Crippen molar-refractivity contribution in [3.8, 4) is 11.5 Å². The molecule has 0 aliphatic heterocycles. The summed E-state index contributed by atoms with van der Waals surface area (Å²) in [5.41, 5.74) is 5.62. The molecule has 2 N–H and O–H groups in total. The summed E-state index contributed by atoms with van der Waals surface area (Å²) in [5.74, 6) is 1.31. The zero-order valence-electron chi connectivity index (χ0n) is 10.7. The van der Waals surface area contributed by atoms with Crippen LogP contribution in [0.2, 0.25) is 0 Å². The zero-order valence-corrected chi connectivity index (χ0v) is 10.7. The summed E-state index contributed by atoms with van der Waals surface area (Å²) < 4.78 is 16.6. The summed E-state index contributed by atoms with van der Waals surface area (Å²) in [6, 6.07) is 18.6. The second-order valence-corrected chi connectivity index (χ2v) is 3.99. The number of para-hydroxylation sites is 2. The molecule has 5 heteroatoms. The minimum Gasteiger partial charge on any atom is -0.501 e. The van der Waals surface area contributed by atoms with E-state index in [4.69, 9.17) is 19.7 Å². The van der Waals surface area contributed by atoms with E-state index in [-0.39, 0.29) is 0 Å². The Kier molecular flexibility index (Phi) is 4.83. The van der Waals surface area contributed by atoms with Gasteiger partial charge in [-0.05, 0) is 31.2 Å². The summed E-state index contributed by atoms with van der Waals surface area (Å²) in [6.45, 7) is 1.72. The van der Waals surface area contributed by atoms with Gasteiger partial charge in [0.05, 0.1) is 6.23 Å². The van der Waals surface area contributed by atoms with Gasteiger partial charge in [0, 0.05) is 0 Å². The molecule has 0 saturated heterocycles. The van der Waals surface area contributed by atoms with Crippen LogP contribution in [0.1, 0.15) is 6.92 Å². The summed E-state index contributed by atoms with van der Waals surface area (Å²) >= 11 is 0. The monoisotopic (exact) mass is 257 g/mol. The Labute approximate surface area is 113 Å². The normalized spacial score (nSPS) is 11.7. The lowest BCUT2D eigenvalue weighted by Crippen LogP contribution is -2.39. The Morgan fingerprint density at radius 2 is 1.26 bits per heavy atom. The molecule has 0 heterocycles. The second-order valence-electron chi connectivity index (χ2n) is 3.99. The molecule has 0 spiro atoms. The molecular formula is C14H16BNO3. The highest BCUT2D eigenvalue weighted by Crippen LogP contribution is 2.14. The largest absolute Gasteiger partial charge is 0.789 e. The Morgan fingerprint density at radius 3 is 1.63 bits per heavy atom. The topological polar surface area (TPSA) is 53.7 Å². The lowest BCUT2D eigenvalue weighted by Gasteiger charge is -2.17. The van der Waals surface area contributed by atoms with E-state index in [0.717, 1.165) is 0 Å². The smallest absolute Gasteiger partial charge is 0.501 e. The average Bonchev–Trinajstić information content (AvgIpc) is 2.40. The maximum absolute atomic E-state index is 5.62. The first-order valence-corrected chi connectivity index (χ1v) is 6.08. The first-order chi connectivity index (χ1) is 9.24. The first-order valence-electron chi connectivity index (χ1n) is 6.08. The van der Waals surface area contributed by atoms with Gasteiger partial charge in [0.25, 0.3) is 0 Å². The highest BCUT2D eigenvalue weighted by Gasteiger charge is 2.28. The molecular weight excluding hydrogens is 241 g/mol. The predicted octanol–water partition coefficient (Wildman–Crippen LogP) is 2.45. The molecule has 0 bridgehead atoms. The highest BCUT2D eigenvalue weighted by molar-refractivity contribution is 6.38. The van der Waals surface area contributed by atoms with Crippen molar-refractivity contribution in [3.05, 3.63) is 60.7 Å². The summed E-state index contributed by atoms with van der Waals surface area (Å²) in [6.07, 6.45) is -0.488. The fourth-order valence-corrected chi connectivity index (χ4v) is 1.48. The van der Waals surface area contributed by atoms with Crippen molar-refractivity contribution in [1.29, 1.82) is 0 Å². The molecule has 4 nitrogen and oxygen atoms in total.